The van der Waals surface area contributed by atoms with Gasteiger partial charge in [-0.05, 0) is 19.8 Å². The van der Waals surface area contributed by atoms with Crippen LogP contribution in [0.1, 0.15) is 26.2 Å². The SMILES string of the molecule is CC(NC(=O)CC1CCCO1)C(N)=NO. The molecule has 0 aromatic heterocycles. The Bertz CT molecular complexity index is 249. The Balaban J connectivity index is 2.28. The highest BCUT2D eigenvalue weighted by Crippen LogP contribution is 2.14. The summed E-state index contributed by atoms with van der Waals surface area (Å²) in [6, 6.07) is -0.455. The second kappa shape index (κ2) is 5.55. The fraction of sp³-hybridized carbons (Fsp3) is 0.778. The van der Waals surface area contributed by atoms with Crippen LogP contribution in [0.2, 0.25) is 0 Å². The summed E-state index contributed by atoms with van der Waals surface area (Å²) in [6.45, 7) is 2.39. The van der Waals surface area contributed by atoms with Crippen LogP contribution in [0, 0.1) is 0 Å². The maximum absolute atomic E-state index is 11.4. The van der Waals surface area contributed by atoms with Crippen molar-refractivity contribution in [2.45, 2.75) is 38.3 Å². The molecule has 4 N–H and O–H groups in total. The predicted octanol–water partition coefficient (Wildman–Crippen LogP) is -0.193. The molecule has 15 heavy (non-hydrogen) atoms. The molecule has 1 heterocycles. The summed E-state index contributed by atoms with van der Waals surface area (Å²) in [6.07, 6.45) is 2.28. The molecule has 1 rings (SSSR count). The Hall–Kier alpha value is -1.30. The molecule has 86 valence electrons. The number of nitrogens with one attached hydrogen (secondary N) is 1. The van der Waals surface area contributed by atoms with Crippen LogP contribution in [0.4, 0.5) is 0 Å². The van der Waals surface area contributed by atoms with E-state index in [4.69, 9.17) is 15.7 Å². The number of hydrogen-bond acceptors (Lipinski definition) is 4. The molecular weight excluding hydrogens is 198 g/mol. The first kappa shape index (κ1) is 11.8. The molecule has 6 nitrogen and oxygen atoms in total. The third kappa shape index (κ3) is 3.75. The normalized spacial score (nSPS) is 23.8. The molecule has 1 aliphatic heterocycles. The molecule has 0 aromatic carbocycles. The first-order chi connectivity index (χ1) is 7.13. The fourth-order valence-electron chi connectivity index (χ4n) is 1.47. The largest absolute Gasteiger partial charge is 0.409 e. The Morgan fingerprint density at radius 1 is 1.80 bits per heavy atom. The van der Waals surface area contributed by atoms with Gasteiger partial charge in [0, 0.05) is 6.61 Å². The van der Waals surface area contributed by atoms with E-state index in [1.54, 1.807) is 6.92 Å². The van der Waals surface area contributed by atoms with Crippen LogP contribution >= 0.6 is 0 Å². The summed E-state index contributed by atoms with van der Waals surface area (Å²) in [5.74, 6) is -0.142. The lowest BCUT2D eigenvalue weighted by Gasteiger charge is -2.14. The molecule has 0 aliphatic carbocycles. The number of ether oxygens (including phenoxy) is 1. The Labute approximate surface area is 88.5 Å². The lowest BCUT2D eigenvalue weighted by molar-refractivity contribution is -0.123. The number of amides is 1. The van der Waals surface area contributed by atoms with Gasteiger partial charge < -0.3 is 21.0 Å². The average Bonchev–Trinajstić information content (AvgIpc) is 2.68. The van der Waals surface area contributed by atoms with E-state index in [0.717, 1.165) is 19.4 Å². The zero-order valence-electron chi connectivity index (χ0n) is 8.77. The summed E-state index contributed by atoms with van der Waals surface area (Å²) in [5, 5.41) is 13.8. The van der Waals surface area contributed by atoms with Crippen LogP contribution < -0.4 is 11.1 Å². The zero-order chi connectivity index (χ0) is 11.3. The third-order valence-electron chi connectivity index (χ3n) is 2.37. The third-order valence-corrected chi connectivity index (χ3v) is 2.37. The molecule has 1 amide bonds. The van der Waals surface area contributed by atoms with Gasteiger partial charge in [0.1, 0.15) is 0 Å². The number of carbonyl (C=O) groups is 1. The lowest BCUT2D eigenvalue weighted by Crippen LogP contribution is -2.43. The smallest absolute Gasteiger partial charge is 0.223 e. The molecule has 0 spiro atoms. The molecule has 0 saturated carbocycles. The quantitative estimate of drug-likeness (QED) is 0.262. The van der Waals surface area contributed by atoms with Crippen LogP contribution in [0.15, 0.2) is 5.16 Å². The van der Waals surface area contributed by atoms with E-state index in [1.807, 2.05) is 0 Å². The Kier molecular flexibility index (Phi) is 4.36. The number of oxime groups is 1. The second-order valence-corrected chi connectivity index (χ2v) is 3.65. The first-order valence-corrected chi connectivity index (χ1v) is 5.02. The maximum Gasteiger partial charge on any atom is 0.223 e. The average molecular weight is 215 g/mol. The first-order valence-electron chi connectivity index (χ1n) is 5.02. The van der Waals surface area contributed by atoms with E-state index in [0.29, 0.717) is 6.42 Å². The van der Waals surface area contributed by atoms with Crippen molar-refractivity contribution in [3.63, 3.8) is 0 Å². The van der Waals surface area contributed by atoms with Crippen LogP contribution in [0.5, 0.6) is 0 Å². The molecule has 0 aromatic rings. The predicted molar refractivity (Wildman–Crippen MR) is 54.6 cm³/mol. The van der Waals surface area contributed by atoms with Crippen molar-refractivity contribution < 1.29 is 14.7 Å². The van der Waals surface area contributed by atoms with Gasteiger partial charge in [0.05, 0.1) is 18.6 Å². The number of hydrogen-bond donors (Lipinski definition) is 3. The van der Waals surface area contributed by atoms with Crippen LogP contribution in [-0.2, 0) is 9.53 Å². The number of rotatable bonds is 4. The summed E-state index contributed by atoms with van der Waals surface area (Å²) < 4.78 is 5.32. The van der Waals surface area contributed by atoms with Gasteiger partial charge in [-0.2, -0.15) is 0 Å². The molecule has 0 radical (unpaired) electrons. The van der Waals surface area contributed by atoms with Crippen molar-refractivity contribution in [3.8, 4) is 0 Å². The van der Waals surface area contributed by atoms with Gasteiger partial charge in [0.15, 0.2) is 5.84 Å². The minimum Gasteiger partial charge on any atom is -0.409 e. The van der Waals surface area contributed by atoms with Gasteiger partial charge in [0.2, 0.25) is 5.91 Å². The van der Waals surface area contributed by atoms with Crippen LogP contribution in [0.3, 0.4) is 0 Å². The highest BCUT2D eigenvalue weighted by Gasteiger charge is 2.20. The topological polar surface area (TPSA) is 96.9 Å². The van der Waals surface area contributed by atoms with Crippen molar-refractivity contribution in [2.24, 2.45) is 10.9 Å². The molecule has 2 unspecified atom stereocenters. The van der Waals surface area contributed by atoms with Gasteiger partial charge in [-0.25, -0.2) is 0 Å². The van der Waals surface area contributed by atoms with Crippen molar-refractivity contribution >= 4 is 11.7 Å². The van der Waals surface area contributed by atoms with E-state index in [-0.39, 0.29) is 17.8 Å². The van der Waals surface area contributed by atoms with Gasteiger partial charge in [-0.15, -0.1) is 0 Å². The molecule has 0 bridgehead atoms. The maximum atomic E-state index is 11.4. The van der Waals surface area contributed by atoms with Gasteiger partial charge in [0.25, 0.3) is 0 Å². The molecular formula is C9H17N3O3. The molecule has 1 aliphatic rings. The fourth-order valence-corrected chi connectivity index (χ4v) is 1.47. The highest BCUT2D eigenvalue weighted by atomic mass is 16.5. The minimum atomic E-state index is -0.455. The summed E-state index contributed by atoms with van der Waals surface area (Å²) >= 11 is 0. The van der Waals surface area contributed by atoms with E-state index < -0.39 is 6.04 Å². The van der Waals surface area contributed by atoms with E-state index in [2.05, 4.69) is 10.5 Å². The van der Waals surface area contributed by atoms with Gasteiger partial charge >= 0.3 is 0 Å². The van der Waals surface area contributed by atoms with E-state index in [1.165, 1.54) is 0 Å². The Morgan fingerprint density at radius 3 is 3.07 bits per heavy atom. The van der Waals surface area contributed by atoms with Gasteiger partial charge in [-0.3, -0.25) is 4.79 Å². The van der Waals surface area contributed by atoms with Crippen LogP contribution in [-0.4, -0.2) is 35.7 Å². The molecule has 1 saturated heterocycles. The minimum absolute atomic E-state index is 0.00399. The van der Waals surface area contributed by atoms with Crippen molar-refractivity contribution in [1.82, 2.24) is 5.32 Å². The van der Waals surface area contributed by atoms with E-state index >= 15 is 0 Å². The van der Waals surface area contributed by atoms with E-state index in [9.17, 15) is 4.79 Å². The van der Waals surface area contributed by atoms with Crippen molar-refractivity contribution in [2.75, 3.05) is 6.61 Å². The van der Waals surface area contributed by atoms with Gasteiger partial charge in [-0.1, -0.05) is 5.16 Å². The number of carbonyl (C=O) groups excluding carboxylic acids is 1. The second-order valence-electron chi connectivity index (χ2n) is 3.65. The number of nitrogens with two attached hydrogens (primary N) is 1. The number of amidine groups is 1. The summed E-state index contributed by atoms with van der Waals surface area (Å²) in [4.78, 5) is 11.4. The lowest BCUT2D eigenvalue weighted by atomic mass is 10.1. The molecule has 1 fully saturated rings. The van der Waals surface area contributed by atoms with Crippen molar-refractivity contribution in [1.29, 1.82) is 0 Å². The Morgan fingerprint density at radius 2 is 2.53 bits per heavy atom. The monoisotopic (exact) mass is 215 g/mol. The number of nitrogens with zero attached hydrogens (tertiary/aromatic N) is 1. The van der Waals surface area contributed by atoms with Crippen LogP contribution in [0.25, 0.3) is 0 Å². The summed E-state index contributed by atoms with van der Waals surface area (Å²) in [7, 11) is 0. The molecule has 2 atom stereocenters. The molecule has 6 heteroatoms. The zero-order valence-corrected chi connectivity index (χ0v) is 8.77. The van der Waals surface area contributed by atoms with Crippen molar-refractivity contribution in [3.05, 3.63) is 0 Å². The standard InChI is InChI=1S/C9H17N3O3/c1-6(9(10)12-14)11-8(13)5-7-3-2-4-15-7/h6-7,14H,2-5H2,1H3,(H2,10,12)(H,11,13). The summed E-state index contributed by atoms with van der Waals surface area (Å²) in [5.41, 5.74) is 5.33. The highest BCUT2D eigenvalue weighted by molar-refractivity contribution is 5.89.